The summed E-state index contributed by atoms with van der Waals surface area (Å²) in [4.78, 5) is 2.52. The fraction of sp³-hybridized carbons (Fsp3) is 0.368. The predicted molar refractivity (Wildman–Crippen MR) is 171 cm³/mol. The van der Waals surface area contributed by atoms with Crippen LogP contribution in [0.4, 0.5) is 0 Å². The van der Waals surface area contributed by atoms with E-state index in [4.69, 9.17) is 18.9 Å². The Labute approximate surface area is 257 Å². The molecule has 0 radical (unpaired) electrons. The van der Waals surface area contributed by atoms with Gasteiger partial charge in [0.1, 0.15) is 12.2 Å². The predicted octanol–water partition coefficient (Wildman–Crippen LogP) is 7.44. The van der Waals surface area contributed by atoms with Gasteiger partial charge in [-0.2, -0.15) is 0 Å². The standard InChI is InChI=1S/C38H45NO4/c1-2-3-24-39-25-36(41-27-32-18-10-5-11-19-32)38(43-29-34-22-14-7-15-23-34)37(42-28-33-20-12-6-13-21-33)35(39)30-40-26-31-16-8-4-9-17-31/h4-23,35-38H,2-3,24-30H2,1H3/t35-,36-,37-,38-/m1/s1. The molecule has 1 saturated heterocycles. The first kappa shape index (κ1) is 31.1. The molecular formula is C38H45NO4. The summed E-state index contributed by atoms with van der Waals surface area (Å²) >= 11 is 0. The molecule has 0 aliphatic carbocycles. The van der Waals surface area contributed by atoms with Crippen molar-refractivity contribution in [2.24, 2.45) is 0 Å². The molecule has 0 bridgehead atoms. The van der Waals surface area contributed by atoms with Gasteiger partial charge in [-0.3, -0.25) is 4.90 Å². The minimum absolute atomic E-state index is 0.0244. The summed E-state index contributed by atoms with van der Waals surface area (Å²) in [5.74, 6) is 0. The van der Waals surface area contributed by atoms with Gasteiger partial charge in [0.15, 0.2) is 0 Å². The number of hydrogen-bond donors (Lipinski definition) is 0. The minimum Gasteiger partial charge on any atom is -0.375 e. The van der Waals surface area contributed by atoms with Crippen molar-refractivity contribution in [1.82, 2.24) is 4.90 Å². The van der Waals surface area contributed by atoms with Crippen molar-refractivity contribution in [3.8, 4) is 0 Å². The second kappa shape index (κ2) is 17.1. The van der Waals surface area contributed by atoms with Crippen LogP contribution in [0.5, 0.6) is 0 Å². The highest BCUT2D eigenvalue weighted by Gasteiger charge is 2.46. The van der Waals surface area contributed by atoms with Crippen LogP contribution in [0.1, 0.15) is 42.0 Å². The normalized spacial score (nSPS) is 20.7. The molecule has 0 spiro atoms. The molecule has 0 N–H and O–H groups in total. The lowest BCUT2D eigenvalue weighted by atomic mass is 9.92. The third kappa shape index (κ3) is 9.59. The Morgan fingerprint density at radius 3 is 1.49 bits per heavy atom. The van der Waals surface area contributed by atoms with E-state index in [0.717, 1.165) is 42.6 Å². The molecule has 1 aliphatic rings. The fourth-order valence-electron chi connectivity index (χ4n) is 5.67. The molecule has 4 aromatic carbocycles. The third-order valence-corrected chi connectivity index (χ3v) is 8.03. The molecule has 0 unspecified atom stereocenters. The molecule has 5 nitrogen and oxygen atoms in total. The first-order chi connectivity index (χ1) is 21.3. The van der Waals surface area contributed by atoms with Crippen molar-refractivity contribution >= 4 is 0 Å². The van der Waals surface area contributed by atoms with Crippen molar-refractivity contribution < 1.29 is 18.9 Å². The molecule has 4 atom stereocenters. The quantitative estimate of drug-likeness (QED) is 0.138. The fourth-order valence-corrected chi connectivity index (χ4v) is 5.67. The van der Waals surface area contributed by atoms with Crippen LogP contribution in [-0.4, -0.2) is 49.0 Å². The van der Waals surface area contributed by atoms with Crippen LogP contribution in [0, 0.1) is 0 Å². The topological polar surface area (TPSA) is 40.2 Å². The Morgan fingerprint density at radius 2 is 1.00 bits per heavy atom. The second-order valence-corrected chi connectivity index (χ2v) is 11.3. The Kier molecular flexibility index (Phi) is 12.4. The third-order valence-electron chi connectivity index (χ3n) is 8.03. The van der Waals surface area contributed by atoms with E-state index in [1.54, 1.807) is 0 Å². The van der Waals surface area contributed by atoms with Gasteiger partial charge in [0.05, 0.1) is 45.2 Å². The molecule has 1 aliphatic heterocycles. The van der Waals surface area contributed by atoms with Gasteiger partial charge in [-0.05, 0) is 35.2 Å². The molecule has 4 aromatic rings. The monoisotopic (exact) mass is 579 g/mol. The molecule has 5 rings (SSSR count). The van der Waals surface area contributed by atoms with E-state index in [1.165, 1.54) is 5.56 Å². The van der Waals surface area contributed by atoms with Crippen molar-refractivity contribution in [2.75, 3.05) is 19.7 Å². The lowest BCUT2D eigenvalue weighted by Gasteiger charge is -2.48. The summed E-state index contributed by atoms with van der Waals surface area (Å²) in [5, 5.41) is 0. The number of benzene rings is 4. The molecule has 1 heterocycles. The lowest BCUT2D eigenvalue weighted by Crippen LogP contribution is -2.64. The van der Waals surface area contributed by atoms with E-state index >= 15 is 0 Å². The van der Waals surface area contributed by atoms with Crippen LogP contribution in [0.25, 0.3) is 0 Å². The van der Waals surface area contributed by atoms with E-state index in [2.05, 4.69) is 109 Å². The number of likely N-dealkylation sites (tertiary alicyclic amines) is 1. The Bertz CT molecular complexity index is 1290. The van der Waals surface area contributed by atoms with Crippen molar-refractivity contribution in [2.45, 2.75) is 70.5 Å². The minimum atomic E-state index is -0.268. The highest BCUT2D eigenvalue weighted by atomic mass is 16.6. The van der Waals surface area contributed by atoms with Gasteiger partial charge in [-0.25, -0.2) is 0 Å². The van der Waals surface area contributed by atoms with Gasteiger partial charge in [-0.1, -0.05) is 135 Å². The number of piperidine rings is 1. The summed E-state index contributed by atoms with van der Waals surface area (Å²) in [6.45, 7) is 6.59. The zero-order valence-electron chi connectivity index (χ0n) is 25.3. The highest BCUT2D eigenvalue weighted by molar-refractivity contribution is 5.16. The summed E-state index contributed by atoms with van der Waals surface area (Å²) in [6.07, 6.45) is 1.54. The van der Waals surface area contributed by atoms with Crippen LogP contribution < -0.4 is 0 Å². The molecular weight excluding hydrogens is 534 g/mol. The van der Waals surface area contributed by atoms with Crippen molar-refractivity contribution in [3.63, 3.8) is 0 Å². The van der Waals surface area contributed by atoms with Crippen molar-refractivity contribution in [3.05, 3.63) is 144 Å². The number of unbranched alkanes of at least 4 members (excludes halogenated alkanes) is 1. The van der Waals surface area contributed by atoms with E-state index in [-0.39, 0.29) is 24.4 Å². The van der Waals surface area contributed by atoms with Crippen molar-refractivity contribution in [1.29, 1.82) is 0 Å². The maximum absolute atomic E-state index is 6.85. The largest absolute Gasteiger partial charge is 0.375 e. The smallest absolute Gasteiger partial charge is 0.113 e. The van der Waals surface area contributed by atoms with Gasteiger partial charge in [0.25, 0.3) is 0 Å². The molecule has 43 heavy (non-hydrogen) atoms. The summed E-state index contributed by atoms with van der Waals surface area (Å²) in [6, 6.07) is 41.5. The van der Waals surface area contributed by atoms with Gasteiger partial charge in [0.2, 0.25) is 0 Å². The molecule has 0 saturated carbocycles. The van der Waals surface area contributed by atoms with E-state index < -0.39 is 0 Å². The average molecular weight is 580 g/mol. The van der Waals surface area contributed by atoms with Crippen LogP contribution >= 0.6 is 0 Å². The maximum Gasteiger partial charge on any atom is 0.113 e. The second-order valence-electron chi connectivity index (χ2n) is 11.3. The van der Waals surface area contributed by atoms with Crippen LogP contribution in [0.3, 0.4) is 0 Å². The van der Waals surface area contributed by atoms with E-state index in [1.807, 2.05) is 24.3 Å². The molecule has 0 amide bonds. The summed E-state index contributed by atoms with van der Waals surface area (Å²) in [5.41, 5.74) is 4.60. The average Bonchev–Trinajstić information content (AvgIpc) is 3.07. The van der Waals surface area contributed by atoms with E-state index in [9.17, 15) is 0 Å². The first-order valence-electron chi connectivity index (χ1n) is 15.6. The Morgan fingerprint density at radius 1 is 0.558 bits per heavy atom. The Hall–Kier alpha value is -3.32. The number of rotatable bonds is 16. The summed E-state index contributed by atoms with van der Waals surface area (Å²) < 4.78 is 26.7. The first-order valence-corrected chi connectivity index (χ1v) is 15.6. The van der Waals surface area contributed by atoms with Crippen LogP contribution in [0.2, 0.25) is 0 Å². The molecule has 226 valence electrons. The molecule has 0 aromatic heterocycles. The van der Waals surface area contributed by atoms with Gasteiger partial charge in [-0.15, -0.1) is 0 Å². The summed E-state index contributed by atoms with van der Waals surface area (Å²) in [7, 11) is 0. The maximum atomic E-state index is 6.85. The number of nitrogens with zero attached hydrogens (tertiary/aromatic N) is 1. The zero-order valence-corrected chi connectivity index (χ0v) is 25.3. The SMILES string of the molecule is CCCCN1C[C@@H](OCc2ccccc2)[C@@H](OCc2ccccc2)[C@H](OCc2ccccc2)[C@H]1COCc1ccccc1. The number of hydrogen-bond acceptors (Lipinski definition) is 5. The number of ether oxygens (including phenoxy) is 4. The van der Waals surface area contributed by atoms with Crippen LogP contribution in [0.15, 0.2) is 121 Å². The highest BCUT2D eigenvalue weighted by Crippen LogP contribution is 2.29. The molecule has 1 fully saturated rings. The van der Waals surface area contributed by atoms with Crippen LogP contribution in [-0.2, 0) is 45.4 Å². The van der Waals surface area contributed by atoms with Gasteiger partial charge < -0.3 is 18.9 Å². The van der Waals surface area contributed by atoms with Gasteiger partial charge in [0, 0.05) is 6.54 Å². The lowest BCUT2D eigenvalue weighted by molar-refractivity contribution is -0.210. The molecule has 5 heteroatoms. The van der Waals surface area contributed by atoms with Gasteiger partial charge >= 0.3 is 0 Å². The zero-order chi connectivity index (χ0) is 29.5. The Balaban J connectivity index is 1.41. The van der Waals surface area contributed by atoms with E-state index in [0.29, 0.717) is 33.0 Å².